The van der Waals surface area contributed by atoms with Crippen LogP contribution in [-0.2, 0) is 17.4 Å². The van der Waals surface area contributed by atoms with Crippen molar-refractivity contribution in [3.8, 4) is 5.75 Å². The number of amides is 1. The van der Waals surface area contributed by atoms with E-state index in [4.69, 9.17) is 0 Å². The quantitative estimate of drug-likeness (QED) is 0.751. The van der Waals surface area contributed by atoms with Gasteiger partial charge in [0.2, 0.25) is 5.91 Å². The van der Waals surface area contributed by atoms with Crippen molar-refractivity contribution in [1.29, 1.82) is 0 Å². The molecule has 0 aliphatic carbocycles. The SMILES string of the molecule is CN(C(=O)Cc1cccc(C(F)(F)F)c1)C(CN1CCC(O)C1)c1ccc(O)cc1. The van der Waals surface area contributed by atoms with E-state index in [2.05, 4.69) is 4.90 Å². The molecule has 0 bridgehead atoms. The number of nitrogens with zero attached hydrogens (tertiary/aromatic N) is 2. The smallest absolute Gasteiger partial charge is 0.416 e. The van der Waals surface area contributed by atoms with Gasteiger partial charge < -0.3 is 15.1 Å². The average molecular weight is 422 g/mol. The summed E-state index contributed by atoms with van der Waals surface area (Å²) >= 11 is 0. The van der Waals surface area contributed by atoms with Crippen molar-refractivity contribution < 1.29 is 28.2 Å². The maximum Gasteiger partial charge on any atom is 0.416 e. The Morgan fingerprint density at radius 2 is 1.93 bits per heavy atom. The van der Waals surface area contributed by atoms with Gasteiger partial charge in [0.1, 0.15) is 5.75 Å². The third-order valence-corrected chi connectivity index (χ3v) is 5.43. The van der Waals surface area contributed by atoms with Crippen molar-refractivity contribution >= 4 is 5.91 Å². The lowest BCUT2D eigenvalue weighted by atomic mass is 10.0. The zero-order valence-corrected chi connectivity index (χ0v) is 16.6. The molecular weight excluding hydrogens is 397 g/mol. The first kappa shape index (κ1) is 22.1. The lowest BCUT2D eigenvalue weighted by Crippen LogP contribution is -2.39. The predicted octanol–water partition coefficient (Wildman–Crippen LogP) is 3.22. The number of hydrogen-bond donors (Lipinski definition) is 2. The number of likely N-dealkylation sites (tertiary alicyclic amines) is 1. The number of alkyl halides is 3. The van der Waals surface area contributed by atoms with Crippen LogP contribution in [0.3, 0.4) is 0 Å². The Hall–Kier alpha value is -2.58. The number of halogens is 3. The topological polar surface area (TPSA) is 64.0 Å². The van der Waals surface area contributed by atoms with Gasteiger partial charge in [-0.15, -0.1) is 0 Å². The number of β-amino-alcohol motifs (C(OH)–C–C–N with tert-alkyl or cyclic N) is 1. The molecule has 1 amide bonds. The summed E-state index contributed by atoms with van der Waals surface area (Å²) in [7, 11) is 1.62. The molecule has 3 rings (SSSR count). The summed E-state index contributed by atoms with van der Waals surface area (Å²) in [6.45, 7) is 1.68. The third kappa shape index (κ3) is 5.52. The fourth-order valence-corrected chi connectivity index (χ4v) is 3.70. The van der Waals surface area contributed by atoms with E-state index in [1.165, 1.54) is 29.2 Å². The van der Waals surface area contributed by atoms with Gasteiger partial charge in [-0.1, -0.05) is 30.3 Å². The minimum Gasteiger partial charge on any atom is -0.508 e. The molecule has 0 aromatic heterocycles. The van der Waals surface area contributed by atoms with Gasteiger partial charge >= 0.3 is 6.18 Å². The Labute approximate surface area is 173 Å². The Morgan fingerprint density at radius 1 is 1.23 bits per heavy atom. The molecule has 30 heavy (non-hydrogen) atoms. The van der Waals surface area contributed by atoms with Crippen LogP contribution in [-0.4, -0.2) is 58.7 Å². The van der Waals surface area contributed by atoms with E-state index in [1.54, 1.807) is 19.2 Å². The van der Waals surface area contributed by atoms with E-state index in [0.717, 1.165) is 17.7 Å². The van der Waals surface area contributed by atoms with E-state index < -0.39 is 17.8 Å². The minimum atomic E-state index is -4.46. The van der Waals surface area contributed by atoms with Crippen LogP contribution in [0.1, 0.15) is 29.2 Å². The molecule has 1 aliphatic rings. The van der Waals surface area contributed by atoms with E-state index in [9.17, 15) is 28.2 Å². The van der Waals surface area contributed by atoms with Gasteiger partial charge in [0.05, 0.1) is 24.1 Å². The number of phenolic OH excluding ortho intramolecular Hbond substituents is 1. The summed E-state index contributed by atoms with van der Waals surface area (Å²) in [5.41, 5.74) is 0.313. The normalized spacial score (nSPS) is 18.4. The van der Waals surface area contributed by atoms with Crippen LogP contribution in [0.5, 0.6) is 5.75 Å². The van der Waals surface area contributed by atoms with Gasteiger partial charge in [-0.05, 0) is 35.7 Å². The van der Waals surface area contributed by atoms with Crippen LogP contribution in [0.15, 0.2) is 48.5 Å². The number of aliphatic hydroxyl groups is 1. The zero-order chi connectivity index (χ0) is 21.9. The largest absolute Gasteiger partial charge is 0.508 e. The standard InChI is InChI=1S/C22H25F3N2O3/c1-26(21(30)12-15-3-2-4-17(11-15)22(23,24)25)20(14-27-10-9-19(29)13-27)16-5-7-18(28)8-6-16/h2-8,11,19-20,28-29H,9-10,12-14H2,1H3. The summed E-state index contributed by atoms with van der Waals surface area (Å²) in [5, 5.41) is 19.4. The van der Waals surface area contributed by atoms with E-state index in [0.29, 0.717) is 31.6 Å². The van der Waals surface area contributed by atoms with E-state index >= 15 is 0 Å². The van der Waals surface area contributed by atoms with Gasteiger partial charge in [0.15, 0.2) is 0 Å². The maximum absolute atomic E-state index is 13.0. The molecule has 8 heteroatoms. The number of rotatable bonds is 6. The van der Waals surface area contributed by atoms with Crippen molar-refractivity contribution in [3.63, 3.8) is 0 Å². The van der Waals surface area contributed by atoms with Gasteiger partial charge in [-0.25, -0.2) is 0 Å². The van der Waals surface area contributed by atoms with Gasteiger partial charge in [0, 0.05) is 26.7 Å². The number of carbonyl (C=O) groups excluding carboxylic acids is 1. The molecule has 2 aromatic carbocycles. The third-order valence-electron chi connectivity index (χ3n) is 5.43. The average Bonchev–Trinajstić information content (AvgIpc) is 3.11. The highest BCUT2D eigenvalue weighted by Crippen LogP contribution is 2.30. The Balaban J connectivity index is 1.78. The fraction of sp³-hybridized carbons (Fsp3) is 0.409. The molecule has 0 spiro atoms. The Bertz CT molecular complexity index is 871. The van der Waals surface area contributed by atoms with Crippen molar-refractivity contribution in [3.05, 3.63) is 65.2 Å². The van der Waals surface area contributed by atoms with Crippen molar-refractivity contribution in [1.82, 2.24) is 9.80 Å². The van der Waals surface area contributed by atoms with Crippen LogP contribution in [0.2, 0.25) is 0 Å². The number of aliphatic hydroxyl groups excluding tert-OH is 1. The van der Waals surface area contributed by atoms with Gasteiger partial charge in [0.25, 0.3) is 0 Å². The second-order valence-corrected chi connectivity index (χ2v) is 7.69. The predicted molar refractivity (Wildman–Crippen MR) is 106 cm³/mol. The summed E-state index contributed by atoms with van der Waals surface area (Å²) in [6.07, 6.45) is -4.37. The lowest BCUT2D eigenvalue weighted by Gasteiger charge is -2.32. The highest BCUT2D eigenvalue weighted by atomic mass is 19.4. The van der Waals surface area contributed by atoms with Gasteiger partial charge in [-0.3, -0.25) is 9.69 Å². The minimum absolute atomic E-state index is 0.104. The van der Waals surface area contributed by atoms with Crippen molar-refractivity contribution in [2.75, 3.05) is 26.7 Å². The molecule has 1 saturated heterocycles. The van der Waals surface area contributed by atoms with Crippen molar-refractivity contribution in [2.45, 2.75) is 31.2 Å². The number of benzene rings is 2. The number of phenols is 1. The van der Waals surface area contributed by atoms with Crippen LogP contribution in [0, 0.1) is 0 Å². The molecule has 2 unspecified atom stereocenters. The van der Waals surface area contributed by atoms with Crippen LogP contribution >= 0.6 is 0 Å². The molecule has 2 N–H and O–H groups in total. The summed E-state index contributed by atoms with van der Waals surface area (Å²) in [4.78, 5) is 16.5. The van der Waals surface area contributed by atoms with Crippen molar-refractivity contribution in [2.24, 2.45) is 0 Å². The summed E-state index contributed by atoms with van der Waals surface area (Å²) in [5.74, 6) is -0.209. The highest BCUT2D eigenvalue weighted by Gasteiger charge is 2.31. The number of aromatic hydroxyl groups is 1. The lowest BCUT2D eigenvalue weighted by molar-refractivity contribution is -0.138. The fourth-order valence-electron chi connectivity index (χ4n) is 3.70. The molecule has 0 radical (unpaired) electrons. The summed E-state index contributed by atoms with van der Waals surface area (Å²) in [6, 6.07) is 10.9. The zero-order valence-electron chi connectivity index (χ0n) is 16.6. The first-order chi connectivity index (χ1) is 14.1. The Kier molecular flexibility index (Phi) is 6.67. The molecular formula is C22H25F3N2O3. The monoisotopic (exact) mass is 422 g/mol. The van der Waals surface area contributed by atoms with Crippen LogP contribution in [0.25, 0.3) is 0 Å². The number of carbonyl (C=O) groups is 1. The van der Waals surface area contributed by atoms with E-state index in [1.807, 2.05) is 0 Å². The molecule has 162 valence electrons. The molecule has 1 heterocycles. The van der Waals surface area contributed by atoms with Crippen LogP contribution < -0.4 is 0 Å². The first-order valence-corrected chi connectivity index (χ1v) is 9.74. The maximum atomic E-state index is 13.0. The molecule has 1 aliphatic heterocycles. The Morgan fingerprint density at radius 3 is 2.53 bits per heavy atom. The first-order valence-electron chi connectivity index (χ1n) is 9.74. The second-order valence-electron chi connectivity index (χ2n) is 7.69. The number of likely N-dealkylation sites (N-methyl/N-ethyl adjacent to an activating group) is 1. The van der Waals surface area contributed by atoms with Gasteiger partial charge in [-0.2, -0.15) is 13.2 Å². The number of hydrogen-bond acceptors (Lipinski definition) is 4. The second kappa shape index (κ2) is 9.06. The molecule has 1 fully saturated rings. The molecule has 2 aromatic rings. The molecule has 0 saturated carbocycles. The molecule has 2 atom stereocenters. The highest BCUT2D eigenvalue weighted by molar-refractivity contribution is 5.79. The van der Waals surface area contributed by atoms with Crippen LogP contribution in [0.4, 0.5) is 13.2 Å². The summed E-state index contributed by atoms with van der Waals surface area (Å²) < 4.78 is 38.9. The molecule has 5 nitrogen and oxygen atoms in total. The van der Waals surface area contributed by atoms with E-state index in [-0.39, 0.29) is 24.1 Å².